The van der Waals surface area contributed by atoms with Crippen LogP contribution in [-0.2, 0) is 0 Å². The van der Waals surface area contributed by atoms with E-state index in [1.54, 1.807) is 6.92 Å². The van der Waals surface area contributed by atoms with Gasteiger partial charge >= 0.3 is 5.56 Å². The largest absolute Gasteiger partial charge is 0.490 e. The van der Waals surface area contributed by atoms with E-state index in [2.05, 4.69) is 10.2 Å². The topological polar surface area (TPSA) is 57.9 Å². The van der Waals surface area contributed by atoms with Crippen molar-refractivity contribution in [1.82, 2.24) is 10.2 Å². The number of hydrogen-bond acceptors (Lipinski definition) is 2. The molecule has 0 saturated heterocycles. The van der Waals surface area contributed by atoms with Crippen LogP contribution >= 0.6 is 0 Å². The zero-order valence-electron chi connectivity index (χ0n) is 5.32. The maximum absolute atomic E-state index is 10.7. The highest BCUT2D eigenvalue weighted by atomic mass is 16.5. The molecule has 1 aromatic heterocycles. The number of hydrogen-bond donors (Lipinski definition) is 2. The van der Waals surface area contributed by atoms with Gasteiger partial charge in [-0.05, 0) is 6.92 Å². The Morgan fingerprint density at radius 3 is 2.33 bits per heavy atom. The van der Waals surface area contributed by atoms with Crippen molar-refractivity contribution in [2.24, 2.45) is 0 Å². The van der Waals surface area contributed by atoms with E-state index in [-0.39, 0.29) is 5.56 Å². The van der Waals surface area contributed by atoms with Crippen LogP contribution in [0.4, 0.5) is 0 Å². The molecule has 4 heteroatoms. The van der Waals surface area contributed by atoms with Crippen LogP contribution in [0.5, 0.6) is 5.75 Å². The maximum Gasteiger partial charge on any atom is 0.306 e. The monoisotopic (exact) mass is 128 g/mol. The lowest BCUT2D eigenvalue weighted by atomic mass is 10.4. The molecule has 0 aliphatic rings. The fourth-order valence-electron chi connectivity index (χ4n) is 0.680. The van der Waals surface area contributed by atoms with E-state index >= 15 is 0 Å². The van der Waals surface area contributed by atoms with Crippen LogP contribution in [0.25, 0.3) is 0 Å². The summed E-state index contributed by atoms with van der Waals surface area (Å²) in [5, 5.41) is 5.01. The number of aryl methyl sites for hydroxylation is 1. The van der Waals surface area contributed by atoms with Gasteiger partial charge in [-0.2, -0.15) is 0 Å². The number of aromatic amines is 2. The molecular weight excluding hydrogens is 120 g/mol. The fraction of sp³-hybridized carbons (Fsp3) is 0.400. The van der Waals surface area contributed by atoms with Gasteiger partial charge in [0.2, 0.25) is 5.75 Å². The summed E-state index contributed by atoms with van der Waals surface area (Å²) in [5.74, 6) is 0.356. The third-order valence-electron chi connectivity index (χ3n) is 1.11. The molecule has 50 valence electrons. The molecule has 1 rings (SSSR count). The number of ether oxygens (including phenoxy) is 1. The molecule has 0 saturated carbocycles. The molecule has 1 heterocycles. The third-order valence-corrected chi connectivity index (χ3v) is 1.11. The Bertz CT molecular complexity index is 248. The number of H-pyrrole nitrogens is 2. The van der Waals surface area contributed by atoms with Gasteiger partial charge in [-0.15, -0.1) is 0 Å². The molecule has 0 atom stereocenters. The van der Waals surface area contributed by atoms with E-state index in [0.29, 0.717) is 5.75 Å². The molecule has 9 heavy (non-hydrogen) atoms. The van der Waals surface area contributed by atoms with Gasteiger partial charge in [-0.25, -0.2) is 0 Å². The lowest BCUT2D eigenvalue weighted by Gasteiger charge is -1.90. The summed E-state index contributed by atoms with van der Waals surface area (Å²) in [4.78, 5) is 10.7. The van der Waals surface area contributed by atoms with Crippen LogP contribution in [0, 0.1) is 6.92 Å². The van der Waals surface area contributed by atoms with Gasteiger partial charge in [0, 0.05) is 0 Å². The van der Waals surface area contributed by atoms with Crippen molar-refractivity contribution in [3.8, 4) is 5.75 Å². The zero-order chi connectivity index (χ0) is 6.85. The van der Waals surface area contributed by atoms with Gasteiger partial charge < -0.3 is 4.74 Å². The van der Waals surface area contributed by atoms with Crippen LogP contribution in [0.1, 0.15) is 5.69 Å². The Morgan fingerprint density at radius 2 is 2.11 bits per heavy atom. The number of methoxy groups -OCH3 is 1. The van der Waals surface area contributed by atoms with E-state index in [1.807, 2.05) is 0 Å². The van der Waals surface area contributed by atoms with Crippen molar-refractivity contribution in [3.63, 3.8) is 0 Å². The molecule has 0 radical (unpaired) electrons. The average molecular weight is 128 g/mol. The van der Waals surface area contributed by atoms with E-state index in [0.717, 1.165) is 5.69 Å². The van der Waals surface area contributed by atoms with Gasteiger partial charge in [-0.1, -0.05) is 0 Å². The van der Waals surface area contributed by atoms with Crippen LogP contribution in [0.3, 0.4) is 0 Å². The quantitative estimate of drug-likeness (QED) is 0.560. The first-order valence-electron chi connectivity index (χ1n) is 2.57. The summed E-state index contributed by atoms with van der Waals surface area (Å²) in [6.45, 7) is 1.76. The molecule has 0 aromatic carbocycles. The Balaban J connectivity index is 3.23. The highest BCUT2D eigenvalue weighted by molar-refractivity contribution is 5.21. The molecule has 2 N–H and O–H groups in total. The first kappa shape index (κ1) is 5.94. The van der Waals surface area contributed by atoms with Gasteiger partial charge in [0.05, 0.1) is 12.8 Å². The summed E-state index contributed by atoms with van der Waals surface area (Å²) in [6, 6.07) is 0. The Labute approximate surface area is 51.8 Å². The van der Waals surface area contributed by atoms with E-state index in [9.17, 15) is 4.79 Å². The van der Waals surface area contributed by atoms with Crippen molar-refractivity contribution < 1.29 is 4.74 Å². The maximum atomic E-state index is 10.7. The minimum Gasteiger partial charge on any atom is -0.490 e. The lowest BCUT2D eigenvalue weighted by Crippen LogP contribution is -2.01. The van der Waals surface area contributed by atoms with Crippen molar-refractivity contribution >= 4 is 0 Å². The minimum absolute atomic E-state index is 0.213. The summed E-state index contributed by atoms with van der Waals surface area (Å²) < 4.78 is 4.74. The SMILES string of the molecule is COc1c(C)[nH][nH]c1=O. The van der Waals surface area contributed by atoms with Gasteiger partial charge in [0.25, 0.3) is 0 Å². The van der Waals surface area contributed by atoms with Crippen LogP contribution in [0.2, 0.25) is 0 Å². The minimum atomic E-state index is -0.213. The van der Waals surface area contributed by atoms with Crippen molar-refractivity contribution in [2.75, 3.05) is 7.11 Å². The zero-order valence-corrected chi connectivity index (χ0v) is 5.32. The Hall–Kier alpha value is -1.19. The second-order valence-electron chi connectivity index (χ2n) is 1.74. The fourth-order valence-corrected chi connectivity index (χ4v) is 0.680. The van der Waals surface area contributed by atoms with Crippen molar-refractivity contribution in [3.05, 3.63) is 16.0 Å². The molecule has 1 aromatic rings. The number of nitrogens with one attached hydrogen (secondary N) is 2. The Morgan fingerprint density at radius 1 is 1.44 bits per heavy atom. The molecule has 0 spiro atoms. The van der Waals surface area contributed by atoms with Gasteiger partial charge in [0.15, 0.2) is 0 Å². The molecule has 0 bridgehead atoms. The second kappa shape index (κ2) is 1.97. The third kappa shape index (κ3) is 0.826. The smallest absolute Gasteiger partial charge is 0.306 e. The van der Waals surface area contributed by atoms with Gasteiger partial charge in [-0.3, -0.25) is 15.0 Å². The standard InChI is InChI=1S/C5H8N2O2/c1-3-4(9-2)5(8)7-6-3/h1-2H3,(H2,6,7,8). The molecule has 0 aliphatic carbocycles. The summed E-state index contributed by atoms with van der Waals surface area (Å²) in [6.07, 6.45) is 0. The molecule has 0 fully saturated rings. The number of rotatable bonds is 1. The van der Waals surface area contributed by atoms with Crippen molar-refractivity contribution in [1.29, 1.82) is 0 Å². The number of aromatic nitrogens is 2. The predicted octanol–water partition coefficient (Wildman–Crippen LogP) is 0.0200. The van der Waals surface area contributed by atoms with Crippen LogP contribution in [-0.4, -0.2) is 17.3 Å². The van der Waals surface area contributed by atoms with Gasteiger partial charge in [0.1, 0.15) is 0 Å². The highest BCUT2D eigenvalue weighted by Gasteiger charge is 2.02. The Kier molecular flexibility index (Phi) is 1.30. The molecule has 0 aliphatic heterocycles. The molecule has 0 amide bonds. The first-order chi connectivity index (χ1) is 4.25. The van der Waals surface area contributed by atoms with Crippen molar-refractivity contribution in [2.45, 2.75) is 6.92 Å². The average Bonchev–Trinajstić information content (AvgIpc) is 2.12. The normalized spacial score (nSPS) is 9.56. The van der Waals surface area contributed by atoms with Crippen LogP contribution in [0.15, 0.2) is 4.79 Å². The van der Waals surface area contributed by atoms with E-state index in [4.69, 9.17) is 4.74 Å². The summed E-state index contributed by atoms with van der Waals surface area (Å²) in [7, 11) is 1.46. The lowest BCUT2D eigenvalue weighted by molar-refractivity contribution is 0.408. The second-order valence-corrected chi connectivity index (χ2v) is 1.74. The predicted molar refractivity (Wildman–Crippen MR) is 32.7 cm³/mol. The molecule has 0 unspecified atom stereocenters. The van der Waals surface area contributed by atoms with Crippen LogP contribution < -0.4 is 10.3 Å². The molecule has 4 nitrogen and oxygen atoms in total. The molecular formula is C5H8N2O2. The van der Waals surface area contributed by atoms with E-state index < -0.39 is 0 Å². The summed E-state index contributed by atoms with van der Waals surface area (Å²) in [5.41, 5.74) is 0.512. The first-order valence-corrected chi connectivity index (χ1v) is 2.57. The van der Waals surface area contributed by atoms with E-state index in [1.165, 1.54) is 7.11 Å². The summed E-state index contributed by atoms with van der Waals surface area (Å²) >= 11 is 0. The highest BCUT2D eigenvalue weighted by Crippen LogP contribution is 2.04.